The van der Waals surface area contributed by atoms with E-state index in [1.54, 1.807) is 11.3 Å². The van der Waals surface area contributed by atoms with Crippen molar-refractivity contribution in [3.63, 3.8) is 0 Å². The third kappa shape index (κ3) is 2.49. The van der Waals surface area contributed by atoms with Crippen LogP contribution in [-0.4, -0.2) is 20.0 Å². The SMILES string of the molecule is CC(C)(C)c1csc(Cn2nnc(N)c2C2CC2)n1. The molecule has 2 N–H and O–H groups in total. The maximum Gasteiger partial charge on any atom is 0.169 e. The number of thiazole rings is 1. The fourth-order valence-electron chi connectivity index (χ4n) is 2.08. The van der Waals surface area contributed by atoms with Crippen molar-refractivity contribution in [3.05, 3.63) is 21.8 Å². The Balaban J connectivity index is 1.84. The molecular weight excluding hydrogens is 258 g/mol. The number of nitrogen functional groups attached to an aromatic ring is 1. The van der Waals surface area contributed by atoms with Crippen molar-refractivity contribution in [2.75, 3.05) is 5.73 Å². The number of nitrogens with two attached hydrogens (primary N) is 1. The molecule has 6 heteroatoms. The van der Waals surface area contributed by atoms with Gasteiger partial charge in [0.05, 0.1) is 17.9 Å². The van der Waals surface area contributed by atoms with Crippen molar-refractivity contribution in [2.24, 2.45) is 0 Å². The largest absolute Gasteiger partial charge is 0.381 e. The molecule has 19 heavy (non-hydrogen) atoms. The lowest BCUT2D eigenvalue weighted by Crippen LogP contribution is -2.12. The van der Waals surface area contributed by atoms with E-state index in [-0.39, 0.29) is 5.41 Å². The average Bonchev–Trinajstić information content (AvgIpc) is 2.91. The summed E-state index contributed by atoms with van der Waals surface area (Å²) in [5, 5.41) is 11.3. The molecule has 0 amide bonds. The number of aromatic nitrogens is 4. The lowest BCUT2D eigenvalue weighted by Gasteiger charge is -2.14. The summed E-state index contributed by atoms with van der Waals surface area (Å²) < 4.78 is 1.91. The Morgan fingerprint density at radius 2 is 2.16 bits per heavy atom. The summed E-state index contributed by atoms with van der Waals surface area (Å²) in [5.41, 5.74) is 8.21. The summed E-state index contributed by atoms with van der Waals surface area (Å²) >= 11 is 1.68. The molecular formula is C13H19N5S. The van der Waals surface area contributed by atoms with Crippen molar-refractivity contribution in [3.8, 4) is 0 Å². The summed E-state index contributed by atoms with van der Waals surface area (Å²) in [7, 11) is 0. The van der Waals surface area contributed by atoms with Gasteiger partial charge in [0.1, 0.15) is 5.01 Å². The van der Waals surface area contributed by atoms with Gasteiger partial charge in [0.15, 0.2) is 5.82 Å². The van der Waals surface area contributed by atoms with Gasteiger partial charge < -0.3 is 5.73 Å². The Labute approximate surface area is 116 Å². The molecule has 0 saturated heterocycles. The molecule has 0 radical (unpaired) electrons. The minimum Gasteiger partial charge on any atom is -0.381 e. The van der Waals surface area contributed by atoms with Gasteiger partial charge in [-0.15, -0.1) is 16.4 Å². The highest BCUT2D eigenvalue weighted by atomic mass is 32.1. The number of rotatable bonds is 3. The summed E-state index contributed by atoms with van der Waals surface area (Å²) in [6.45, 7) is 7.20. The fraction of sp³-hybridized carbons (Fsp3) is 0.615. The van der Waals surface area contributed by atoms with Crippen LogP contribution in [0.3, 0.4) is 0 Å². The Kier molecular flexibility index (Phi) is 2.85. The smallest absolute Gasteiger partial charge is 0.169 e. The van der Waals surface area contributed by atoms with Crippen molar-refractivity contribution in [2.45, 2.75) is 51.5 Å². The second-order valence-electron chi connectivity index (χ2n) is 6.17. The van der Waals surface area contributed by atoms with E-state index in [9.17, 15) is 0 Å². The molecule has 2 aromatic rings. The molecule has 0 aliphatic heterocycles. The van der Waals surface area contributed by atoms with Crippen LogP contribution in [0.25, 0.3) is 0 Å². The molecule has 3 rings (SSSR count). The van der Waals surface area contributed by atoms with Crippen molar-refractivity contribution in [1.29, 1.82) is 0 Å². The third-order valence-electron chi connectivity index (χ3n) is 3.37. The first-order valence-electron chi connectivity index (χ1n) is 6.59. The predicted octanol–water partition coefficient (Wildman–Crippen LogP) is 2.54. The van der Waals surface area contributed by atoms with E-state index in [2.05, 4.69) is 36.5 Å². The van der Waals surface area contributed by atoms with Crippen LogP contribution in [0.1, 0.15) is 55.9 Å². The maximum absolute atomic E-state index is 5.90. The predicted molar refractivity (Wildman–Crippen MR) is 76.3 cm³/mol. The summed E-state index contributed by atoms with van der Waals surface area (Å²) in [6, 6.07) is 0. The van der Waals surface area contributed by atoms with Crippen molar-refractivity contribution >= 4 is 17.2 Å². The second kappa shape index (κ2) is 4.30. The van der Waals surface area contributed by atoms with Gasteiger partial charge in [0, 0.05) is 16.7 Å². The molecule has 2 heterocycles. The highest BCUT2D eigenvalue weighted by Gasteiger charge is 2.30. The molecule has 0 atom stereocenters. The van der Waals surface area contributed by atoms with E-state index >= 15 is 0 Å². The van der Waals surface area contributed by atoms with E-state index in [1.165, 1.54) is 12.8 Å². The number of nitrogens with zero attached hydrogens (tertiary/aromatic N) is 4. The highest BCUT2D eigenvalue weighted by Crippen LogP contribution is 2.42. The van der Waals surface area contributed by atoms with Gasteiger partial charge in [-0.3, -0.25) is 0 Å². The summed E-state index contributed by atoms with van der Waals surface area (Å²) in [5.74, 6) is 1.13. The van der Waals surface area contributed by atoms with Crippen LogP contribution < -0.4 is 5.73 Å². The molecule has 102 valence electrons. The molecule has 2 aromatic heterocycles. The summed E-state index contributed by atoms with van der Waals surface area (Å²) in [6.07, 6.45) is 2.39. The normalized spacial score (nSPS) is 15.9. The van der Waals surface area contributed by atoms with Crippen LogP contribution in [0.2, 0.25) is 0 Å². The van der Waals surface area contributed by atoms with Crippen LogP contribution in [0.5, 0.6) is 0 Å². The minimum atomic E-state index is 0.0927. The van der Waals surface area contributed by atoms with Crippen LogP contribution >= 0.6 is 11.3 Å². The molecule has 1 saturated carbocycles. The van der Waals surface area contributed by atoms with E-state index in [0.29, 0.717) is 18.3 Å². The van der Waals surface area contributed by atoms with Crippen LogP contribution in [-0.2, 0) is 12.0 Å². The van der Waals surface area contributed by atoms with Crippen LogP contribution in [0.4, 0.5) is 5.82 Å². The molecule has 1 aliphatic rings. The zero-order valence-electron chi connectivity index (χ0n) is 11.6. The van der Waals surface area contributed by atoms with Crippen molar-refractivity contribution < 1.29 is 0 Å². The standard InChI is InChI=1S/C13H19N5S/c1-13(2,3)9-7-19-10(15-9)6-18-11(8-4-5-8)12(14)16-17-18/h7-8H,4-6,14H2,1-3H3. The Morgan fingerprint density at radius 1 is 1.42 bits per heavy atom. The van der Waals surface area contributed by atoms with Gasteiger partial charge in [-0.1, -0.05) is 26.0 Å². The van der Waals surface area contributed by atoms with Gasteiger partial charge in [0.25, 0.3) is 0 Å². The van der Waals surface area contributed by atoms with Crippen molar-refractivity contribution in [1.82, 2.24) is 20.0 Å². The van der Waals surface area contributed by atoms with Gasteiger partial charge in [0.2, 0.25) is 0 Å². The van der Waals surface area contributed by atoms with E-state index in [0.717, 1.165) is 16.4 Å². The second-order valence-corrected chi connectivity index (χ2v) is 7.11. The van der Waals surface area contributed by atoms with Gasteiger partial charge in [-0.05, 0) is 12.8 Å². The first-order valence-corrected chi connectivity index (χ1v) is 7.47. The monoisotopic (exact) mass is 277 g/mol. The Hall–Kier alpha value is -1.43. The maximum atomic E-state index is 5.90. The van der Waals surface area contributed by atoms with Gasteiger partial charge >= 0.3 is 0 Å². The highest BCUT2D eigenvalue weighted by molar-refractivity contribution is 7.09. The van der Waals surface area contributed by atoms with E-state index in [4.69, 9.17) is 10.7 Å². The molecule has 0 spiro atoms. The van der Waals surface area contributed by atoms with Gasteiger partial charge in [-0.2, -0.15) is 0 Å². The molecule has 0 bridgehead atoms. The average molecular weight is 277 g/mol. The zero-order valence-corrected chi connectivity index (χ0v) is 12.4. The summed E-state index contributed by atoms with van der Waals surface area (Å²) in [4.78, 5) is 4.70. The van der Waals surface area contributed by atoms with E-state index in [1.807, 2.05) is 4.68 Å². The third-order valence-corrected chi connectivity index (χ3v) is 4.20. The number of anilines is 1. The fourth-order valence-corrected chi connectivity index (χ4v) is 3.09. The van der Waals surface area contributed by atoms with Crippen LogP contribution in [0.15, 0.2) is 5.38 Å². The lowest BCUT2D eigenvalue weighted by atomic mass is 9.93. The van der Waals surface area contributed by atoms with E-state index < -0.39 is 0 Å². The molecule has 0 unspecified atom stereocenters. The quantitative estimate of drug-likeness (QED) is 0.936. The minimum absolute atomic E-state index is 0.0927. The van der Waals surface area contributed by atoms with Crippen LogP contribution in [0, 0.1) is 0 Å². The molecule has 5 nitrogen and oxygen atoms in total. The topological polar surface area (TPSA) is 69.6 Å². The number of hydrogen-bond donors (Lipinski definition) is 1. The Morgan fingerprint density at radius 3 is 2.74 bits per heavy atom. The molecule has 0 aromatic carbocycles. The lowest BCUT2D eigenvalue weighted by molar-refractivity contribution is 0.564. The Bertz CT molecular complexity index is 588. The molecule has 1 aliphatic carbocycles. The molecule has 1 fully saturated rings. The first kappa shape index (κ1) is 12.6. The first-order chi connectivity index (χ1) is 8.95. The van der Waals surface area contributed by atoms with Gasteiger partial charge in [-0.25, -0.2) is 9.67 Å². The number of hydrogen-bond acceptors (Lipinski definition) is 5. The zero-order chi connectivity index (χ0) is 13.6.